The highest BCUT2D eigenvalue weighted by Gasteiger charge is 2.22. The molecule has 1 unspecified atom stereocenters. The molecule has 1 heterocycles. The Morgan fingerprint density at radius 3 is 2.43 bits per heavy atom. The average molecular weight is 297 g/mol. The molecule has 0 saturated carbocycles. The molecule has 4 N–H and O–H groups in total. The first-order chi connectivity index (χ1) is 9.70. The number of hydrogen-bond donors (Lipinski definition) is 3. The topological polar surface area (TPSA) is 126 Å². The van der Waals surface area contributed by atoms with E-state index in [1.807, 2.05) is 0 Å². The van der Waals surface area contributed by atoms with Crippen molar-refractivity contribution in [2.45, 2.75) is 26.8 Å². The lowest BCUT2D eigenvalue weighted by Gasteiger charge is -2.22. The van der Waals surface area contributed by atoms with Crippen LogP contribution in [-0.4, -0.2) is 41.0 Å². The number of primary amides is 1. The average Bonchev–Trinajstić information content (AvgIpc) is 2.66. The van der Waals surface area contributed by atoms with E-state index in [0.717, 1.165) is 10.5 Å². The summed E-state index contributed by atoms with van der Waals surface area (Å²) in [5, 5.41) is 11.4. The zero-order chi connectivity index (χ0) is 16.2. The highest BCUT2D eigenvalue weighted by molar-refractivity contribution is 5.86. The standard InChI is InChI=1S/C13H19N3O5/c1-7-4-10(9(3)21-7)8(2)15-13(20)16(5-11(14)17)6-12(18)19/h4,8H,5-6H2,1-3H3,(H2,14,17)(H,15,20)(H,18,19). The molecule has 0 saturated heterocycles. The molecule has 0 aliphatic rings. The van der Waals surface area contributed by atoms with Crippen molar-refractivity contribution in [1.29, 1.82) is 0 Å². The van der Waals surface area contributed by atoms with E-state index >= 15 is 0 Å². The van der Waals surface area contributed by atoms with E-state index in [1.165, 1.54) is 0 Å². The number of hydrogen-bond acceptors (Lipinski definition) is 4. The van der Waals surface area contributed by atoms with Crippen molar-refractivity contribution in [3.8, 4) is 0 Å². The van der Waals surface area contributed by atoms with Crippen LogP contribution >= 0.6 is 0 Å². The Bertz CT molecular complexity index is 536. The second kappa shape index (κ2) is 6.78. The summed E-state index contributed by atoms with van der Waals surface area (Å²) in [6.45, 7) is 4.22. The zero-order valence-electron chi connectivity index (χ0n) is 12.2. The van der Waals surface area contributed by atoms with Crippen LogP contribution in [0.2, 0.25) is 0 Å². The molecule has 8 heteroatoms. The number of carbonyl (C=O) groups is 3. The van der Waals surface area contributed by atoms with E-state index in [4.69, 9.17) is 15.3 Å². The van der Waals surface area contributed by atoms with Gasteiger partial charge in [-0.15, -0.1) is 0 Å². The smallest absolute Gasteiger partial charge is 0.323 e. The number of amides is 3. The minimum atomic E-state index is -1.23. The first kappa shape index (κ1) is 16.5. The van der Waals surface area contributed by atoms with Gasteiger partial charge in [-0.1, -0.05) is 0 Å². The van der Waals surface area contributed by atoms with Crippen molar-refractivity contribution in [3.05, 3.63) is 23.2 Å². The summed E-state index contributed by atoms with van der Waals surface area (Å²) in [6, 6.07) is 0.719. The lowest BCUT2D eigenvalue weighted by Crippen LogP contribution is -2.47. The molecular weight excluding hydrogens is 278 g/mol. The second-order valence-corrected chi connectivity index (χ2v) is 4.76. The highest BCUT2D eigenvalue weighted by Crippen LogP contribution is 2.21. The number of nitrogens with two attached hydrogens (primary N) is 1. The third-order valence-electron chi connectivity index (χ3n) is 2.85. The Labute approximate surface area is 121 Å². The molecule has 0 aromatic carbocycles. The summed E-state index contributed by atoms with van der Waals surface area (Å²) >= 11 is 0. The molecule has 0 spiro atoms. The van der Waals surface area contributed by atoms with Crippen LogP contribution in [0.25, 0.3) is 0 Å². The van der Waals surface area contributed by atoms with Gasteiger partial charge in [0, 0.05) is 5.56 Å². The van der Waals surface area contributed by atoms with Crippen LogP contribution in [0, 0.1) is 13.8 Å². The number of carboxylic acids is 1. The van der Waals surface area contributed by atoms with Gasteiger partial charge in [0.2, 0.25) is 5.91 Å². The fourth-order valence-corrected chi connectivity index (χ4v) is 1.99. The van der Waals surface area contributed by atoms with Gasteiger partial charge in [0.1, 0.15) is 24.6 Å². The molecule has 0 radical (unpaired) electrons. The number of carboxylic acid groups (broad SMARTS) is 1. The van der Waals surface area contributed by atoms with Gasteiger partial charge in [0.15, 0.2) is 0 Å². The molecule has 1 atom stereocenters. The summed E-state index contributed by atoms with van der Waals surface area (Å²) in [4.78, 5) is 34.5. The van der Waals surface area contributed by atoms with Crippen molar-refractivity contribution in [3.63, 3.8) is 0 Å². The van der Waals surface area contributed by atoms with Gasteiger partial charge in [-0.3, -0.25) is 9.59 Å². The number of aliphatic carboxylic acids is 1. The Hall–Kier alpha value is -2.51. The predicted octanol–water partition coefficient (Wildman–Crippen LogP) is 0.539. The van der Waals surface area contributed by atoms with Crippen LogP contribution in [0.4, 0.5) is 4.79 Å². The van der Waals surface area contributed by atoms with Gasteiger partial charge in [0.25, 0.3) is 0 Å². The number of furan rings is 1. The first-order valence-corrected chi connectivity index (χ1v) is 6.33. The normalized spacial score (nSPS) is 11.8. The lowest BCUT2D eigenvalue weighted by molar-refractivity contribution is -0.137. The molecule has 116 valence electrons. The fraction of sp³-hybridized carbons (Fsp3) is 0.462. The van der Waals surface area contributed by atoms with Crippen LogP contribution in [0.5, 0.6) is 0 Å². The first-order valence-electron chi connectivity index (χ1n) is 6.33. The maximum atomic E-state index is 12.0. The van der Waals surface area contributed by atoms with E-state index in [1.54, 1.807) is 26.8 Å². The minimum absolute atomic E-state index is 0.390. The highest BCUT2D eigenvalue weighted by atomic mass is 16.4. The van der Waals surface area contributed by atoms with Crippen molar-refractivity contribution in [2.75, 3.05) is 13.1 Å². The molecule has 1 aromatic heterocycles. The molecule has 8 nitrogen and oxygen atoms in total. The molecule has 21 heavy (non-hydrogen) atoms. The monoisotopic (exact) mass is 297 g/mol. The maximum absolute atomic E-state index is 12.0. The van der Waals surface area contributed by atoms with Gasteiger partial charge in [-0.05, 0) is 26.8 Å². The van der Waals surface area contributed by atoms with Crippen molar-refractivity contribution < 1.29 is 23.9 Å². The van der Waals surface area contributed by atoms with Crippen LogP contribution in [0.15, 0.2) is 10.5 Å². The third-order valence-corrected chi connectivity index (χ3v) is 2.85. The summed E-state index contributed by atoms with van der Waals surface area (Å²) in [5.74, 6) is -0.633. The molecule has 0 aliphatic heterocycles. The molecule has 3 amide bonds. The van der Waals surface area contributed by atoms with E-state index in [9.17, 15) is 14.4 Å². The number of aryl methyl sites for hydroxylation is 2. The molecule has 0 bridgehead atoms. The van der Waals surface area contributed by atoms with Crippen molar-refractivity contribution in [1.82, 2.24) is 10.2 Å². The van der Waals surface area contributed by atoms with Crippen molar-refractivity contribution in [2.24, 2.45) is 5.73 Å². The van der Waals surface area contributed by atoms with Crippen LogP contribution in [0.1, 0.15) is 30.0 Å². The minimum Gasteiger partial charge on any atom is -0.480 e. The van der Waals surface area contributed by atoms with Gasteiger partial charge in [-0.2, -0.15) is 0 Å². The Morgan fingerprint density at radius 2 is 2.00 bits per heavy atom. The molecule has 1 aromatic rings. The summed E-state index contributed by atoms with van der Waals surface area (Å²) < 4.78 is 5.37. The number of rotatable bonds is 6. The van der Waals surface area contributed by atoms with Gasteiger partial charge < -0.3 is 25.5 Å². The summed E-state index contributed by atoms with van der Waals surface area (Å²) in [5.41, 5.74) is 5.79. The maximum Gasteiger partial charge on any atom is 0.323 e. The molecule has 0 aliphatic carbocycles. The molecule has 0 fully saturated rings. The van der Waals surface area contributed by atoms with Crippen LogP contribution in [-0.2, 0) is 9.59 Å². The number of carbonyl (C=O) groups excluding carboxylic acids is 2. The molecular formula is C13H19N3O5. The number of nitrogens with one attached hydrogen (secondary N) is 1. The Morgan fingerprint density at radius 1 is 1.38 bits per heavy atom. The fourth-order valence-electron chi connectivity index (χ4n) is 1.99. The second-order valence-electron chi connectivity index (χ2n) is 4.76. The number of nitrogens with zero attached hydrogens (tertiary/aromatic N) is 1. The van der Waals surface area contributed by atoms with Crippen LogP contribution in [0.3, 0.4) is 0 Å². The zero-order valence-corrected chi connectivity index (χ0v) is 12.2. The van der Waals surface area contributed by atoms with E-state index in [-0.39, 0.29) is 6.04 Å². The SMILES string of the molecule is Cc1cc(C(C)NC(=O)N(CC(N)=O)CC(=O)O)c(C)o1. The quantitative estimate of drug-likeness (QED) is 0.706. The number of urea groups is 1. The third kappa shape index (κ3) is 4.83. The van der Waals surface area contributed by atoms with Gasteiger partial charge in [-0.25, -0.2) is 4.79 Å². The van der Waals surface area contributed by atoms with Crippen LogP contribution < -0.4 is 11.1 Å². The molecule has 1 rings (SSSR count). The summed E-state index contributed by atoms with van der Waals surface area (Å²) in [6.07, 6.45) is 0. The van der Waals surface area contributed by atoms with E-state index in [2.05, 4.69) is 5.32 Å². The van der Waals surface area contributed by atoms with Gasteiger partial charge in [0.05, 0.1) is 6.04 Å². The van der Waals surface area contributed by atoms with Crippen molar-refractivity contribution >= 4 is 17.9 Å². The Balaban J connectivity index is 2.78. The van der Waals surface area contributed by atoms with Gasteiger partial charge >= 0.3 is 12.0 Å². The van der Waals surface area contributed by atoms with E-state index in [0.29, 0.717) is 11.5 Å². The largest absolute Gasteiger partial charge is 0.480 e. The Kier molecular flexibility index (Phi) is 5.34. The summed E-state index contributed by atoms with van der Waals surface area (Å²) in [7, 11) is 0. The lowest BCUT2D eigenvalue weighted by atomic mass is 10.1. The van der Waals surface area contributed by atoms with E-state index < -0.39 is 31.0 Å². The predicted molar refractivity (Wildman–Crippen MR) is 73.5 cm³/mol.